The second-order valence-corrected chi connectivity index (χ2v) is 5.54. The largest absolute Gasteiger partial charge is 0.497 e. The molecule has 0 heterocycles. The lowest BCUT2D eigenvalue weighted by atomic mass is 10.1. The first kappa shape index (κ1) is 17.2. The normalized spacial score (nSPS) is 9.31. The van der Waals surface area contributed by atoms with Gasteiger partial charge in [-0.3, -0.25) is 0 Å². The first-order valence-corrected chi connectivity index (χ1v) is 8.19. The topological polar surface area (TPSA) is 18.5 Å². The molecule has 0 atom stereocenters. The van der Waals surface area contributed by atoms with Gasteiger partial charge >= 0.3 is 0 Å². The van der Waals surface area contributed by atoms with E-state index in [0.717, 1.165) is 33.8 Å². The highest BCUT2D eigenvalue weighted by atomic mass is 16.5. The minimum Gasteiger partial charge on any atom is -0.497 e. The minimum atomic E-state index is 0.825. The van der Waals surface area contributed by atoms with Crippen molar-refractivity contribution in [2.75, 3.05) is 14.2 Å². The molecule has 2 heteroatoms. The van der Waals surface area contributed by atoms with Gasteiger partial charge in [0, 0.05) is 22.3 Å². The van der Waals surface area contributed by atoms with Gasteiger partial charge in [0.15, 0.2) is 0 Å². The van der Waals surface area contributed by atoms with Gasteiger partial charge in [0.2, 0.25) is 0 Å². The summed E-state index contributed by atoms with van der Waals surface area (Å²) in [7, 11) is 3.30. The summed E-state index contributed by atoms with van der Waals surface area (Å²) in [6.45, 7) is 0. The fourth-order valence-electron chi connectivity index (χ4n) is 2.31. The molecule has 3 aromatic rings. The highest BCUT2D eigenvalue weighted by molar-refractivity contribution is 5.50. The Morgan fingerprint density at radius 3 is 1.27 bits per heavy atom. The molecule has 2 nitrogen and oxygen atoms in total. The Morgan fingerprint density at radius 2 is 0.885 bits per heavy atom. The van der Waals surface area contributed by atoms with Crippen molar-refractivity contribution >= 4 is 0 Å². The van der Waals surface area contributed by atoms with Gasteiger partial charge in [0.1, 0.15) is 11.5 Å². The van der Waals surface area contributed by atoms with Gasteiger partial charge in [-0.2, -0.15) is 0 Å². The van der Waals surface area contributed by atoms with E-state index in [1.165, 1.54) is 0 Å². The summed E-state index contributed by atoms with van der Waals surface area (Å²) in [5.41, 5.74) is 3.76. The van der Waals surface area contributed by atoms with Crippen LogP contribution in [0, 0.1) is 23.7 Å². The van der Waals surface area contributed by atoms with E-state index in [0.29, 0.717) is 0 Å². The van der Waals surface area contributed by atoms with Gasteiger partial charge < -0.3 is 9.47 Å². The molecule has 0 saturated heterocycles. The van der Waals surface area contributed by atoms with E-state index in [9.17, 15) is 0 Å². The number of ether oxygens (including phenoxy) is 2. The zero-order chi connectivity index (χ0) is 18.2. The van der Waals surface area contributed by atoms with Crippen molar-refractivity contribution in [3.63, 3.8) is 0 Å². The van der Waals surface area contributed by atoms with Gasteiger partial charge in [-0.25, -0.2) is 0 Å². The van der Waals surface area contributed by atoms with Crippen LogP contribution in [0.25, 0.3) is 0 Å². The standard InChI is InChI=1S/C24H18O2/c1-25-23-14-10-19(11-15-23)6-8-21-4-3-5-22(18-21)9-7-20-12-16-24(26-2)17-13-20/h3-5,10-18H,1-2H3. The molecule has 126 valence electrons. The number of hydrogen-bond donors (Lipinski definition) is 0. The van der Waals surface area contributed by atoms with E-state index in [4.69, 9.17) is 9.47 Å². The summed E-state index contributed by atoms with van der Waals surface area (Å²) in [5, 5.41) is 0. The van der Waals surface area contributed by atoms with Crippen LogP contribution in [0.3, 0.4) is 0 Å². The molecule has 26 heavy (non-hydrogen) atoms. The summed E-state index contributed by atoms with van der Waals surface area (Å²) in [4.78, 5) is 0. The summed E-state index contributed by atoms with van der Waals surface area (Å²) in [5.74, 6) is 14.3. The van der Waals surface area contributed by atoms with Crippen molar-refractivity contribution in [2.45, 2.75) is 0 Å². The van der Waals surface area contributed by atoms with Gasteiger partial charge in [0.05, 0.1) is 14.2 Å². The number of benzene rings is 3. The average Bonchev–Trinajstić information content (AvgIpc) is 2.72. The van der Waals surface area contributed by atoms with Crippen LogP contribution in [0.4, 0.5) is 0 Å². The second-order valence-electron chi connectivity index (χ2n) is 5.54. The minimum absolute atomic E-state index is 0.825. The zero-order valence-electron chi connectivity index (χ0n) is 14.7. The van der Waals surface area contributed by atoms with Crippen molar-refractivity contribution in [1.82, 2.24) is 0 Å². The molecule has 0 N–H and O–H groups in total. The lowest BCUT2D eigenvalue weighted by Crippen LogP contribution is -1.83. The lowest BCUT2D eigenvalue weighted by Gasteiger charge is -1.98. The maximum atomic E-state index is 5.15. The van der Waals surface area contributed by atoms with E-state index in [1.807, 2.05) is 72.8 Å². The third-order valence-electron chi connectivity index (χ3n) is 3.74. The van der Waals surface area contributed by atoms with Crippen molar-refractivity contribution in [3.8, 4) is 35.2 Å². The first-order chi connectivity index (χ1) is 12.8. The summed E-state index contributed by atoms with van der Waals surface area (Å²) >= 11 is 0. The number of rotatable bonds is 2. The molecule has 0 aliphatic rings. The molecule has 0 unspecified atom stereocenters. The highest BCUT2D eigenvalue weighted by Gasteiger charge is 1.93. The molecule has 0 aliphatic carbocycles. The van der Waals surface area contributed by atoms with Crippen LogP contribution >= 0.6 is 0 Å². The molecular weight excluding hydrogens is 320 g/mol. The highest BCUT2D eigenvalue weighted by Crippen LogP contribution is 2.12. The Morgan fingerprint density at radius 1 is 0.500 bits per heavy atom. The third kappa shape index (κ3) is 4.69. The molecular formula is C24H18O2. The van der Waals surface area contributed by atoms with E-state index in [-0.39, 0.29) is 0 Å². The Labute approximate surface area is 154 Å². The SMILES string of the molecule is COc1ccc(C#Cc2cccc(C#Cc3ccc(OC)cc3)c2)cc1. The first-order valence-electron chi connectivity index (χ1n) is 8.19. The fraction of sp³-hybridized carbons (Fsp3) is 0.0833. The Bertz CT molecular complexity index is 912. The van der Waals surface area contributed by atoms with Crippen LogP contribution in [0.1, 0.15) is 22.3 Å². The van der Waals surface area contributed by atoms with E-state index < -0.39 is 0 Å². The molecule has 0 saturated carbocycles. The molecule has 0 aromatic heterocycles. The van der Waals surface area contributed by atoms with Gasteiger partial charge in [-0.15, -0.1) is 0 Å². The lowest BCUT2D eigenvalue weighted by molar-refractivity contribution is 0.414. The molecule has 0 fully saturated rings. The summed E-state index contributed by atoms with van der Waals surface area (Å²) in [6, 6.07) is 23.3. The average molecular weight is 338 g/mol. The Balaban J connectivity index is 1.76. The van der Waals surface area contributed by atoms with Crippen molar-refractivity contribution in [3.05, 3.63) is 95.1 Å². The van der Waals surface area contributed by atoms with E-state index in [1.54, 1.807) is 14.2 Å². The van der Waals surface area contributed by atoms with E-state index >= 15 is 0 Å². The van der Waals surface area contributed by atoms with Gasteiger partial charge in [-0.05, 0) is 66.7 Å². The van der Waals surface area contributed by atoms with Crippen molar-refractivity contribution in [2.24, 2.45) is 0 Å². The predicted molar refractivity (Wildman–Crippen MR) is 104 cm³/mol. The zero-order valence-corrected chi connectivity index (χ0v) is 14.7. The number of methoxy groups -OCH3 is 2. The van der Waals surface area contributed by atoms with Crippen LogP contribution in [0.2, 0.25) is 0 Å². The summed E-state index contributed by atoms with van der Waals surface area (Å²) < 4.78 is 10.3. The smallest absolute Gasteiger partial charge is 0.118 e. The van der Waals surface area contributed by atoms with Gasteiger partial charge in [-0.1, -0.05) is 29.7 Å². The monoisotopic (exact) mass is 338 g/mol. The maximum absolute atomic E-state index is 5.15. The van der Waals surface area contributed by atoms with Crippen LogP contribution in [-0.2, 0) is 0 Å². The fourth-order valence-corrected chi connectivity index (χ4v) is 2.31. The molecule has 0 aliphatic heterocycles. The predicted octanol–water partition coefficient (Wildman–Crippen LogP) is 4.50. The van der Waals surface area contributed by atoms with Crippen LogP contribution < -0.4 is 9.47 Å². The Kier molecular flexibility index (Phi) is 5.61. The van der Waals surface area contributed by atoms with Crippen LogP contribution in [-0.4, -0.2) is 14.2 Å². The molecule has 0 bridgehead atoms. The van der Waals surface area contributed by atoms with E-state index in [2.05, 4.69) is 23.7 Å². The maximum Gasteiger partial charge on any atom is 0.118 e. The third-order valence-corrected chi connectivity index (χ3v) is 3.74. The van der Waals surface area contributed by atoms with Crippen LogP contribution in [0.5, 0.6) is 11.5 Å². The molecule has 0 radical (unpaired) electrons. The Hall–Kier alpha value is -3.62. The van der Waals surface area contributed by atoms with Gasteiger partial charge in [0.25, 0.3) is 0 Å². The molecule has 0 spiro atoms. The van der Waals surface area contributed by atoms with Crippen molar-refractivity contribution < 1.29 is 9.47 Å². The molecule has 3 rings (SSSR count). The van der Waals surface area contributed by atoms with Crippen LogP contribution in [0.15, 0.2) is 72.8 Å². The second kappa shape index (κ2) is 8.47. The quantitative estimate of drug-likeness (QED) is 0.640. The number of hydrogen-bond acceptors (Lipinski definition) is 2. The molecule has 3 aromatic carbocycles. The molecule has 0 amide bonds. The van der Waals surface area contributed by atoms with Crippen molar-refractivity contribution in [1.29, 1.82) is 0 Å². The summed E-state index contributed by atoms with van der Waals surface area (Å²) in [6.07, 6.45) is 0.